The van der Waals surface area contributed by atoms with Gasteiger partial charge in [-0.05, 0) is 45.5 Å². The van der Waals surface area contributed by atoms with E-state index in [1.807, 2.05) is 23.1 Å². The van der Waals surface area contributed by atoms with Gasteiger partial charge in [0.1, 0.15) is 0 Å². The van der Waals surface area contributed by atoms with E-state index in [4.69, 9.17) is 0 Å². The van der Waals surface area contributed by atoms with Crippen molar-refractivity contribution < 1.29 is 0 Å². The number of guanidine groups is 1. The molecular formula is C16H33IN6. The maximum Gasteiger partial charge on any atom is 0.191 e. The summed E-state index contributed by atoms with van der Waals surface area (Å²) >= 11 is 0. The number of hydrogen-bond acceptors (Lipinski definition) is 3. The Morgan fingerprint density at radius 1 is 1.17 bits per heavy atom. The van der Waals surface area contributed by atoms with Gasteiger partial charge in [-0.3, -0.25) is 9.67 Å². The lowest BCUT2D eigenvalue weighted by molar-refractivity contribution is 0.300. The van der Waals surface area contributed by atoms with Gasteiger partial charge in [0.2, 0.25) is 0 Å². The van der Waals surface area contributed by atoms with E-state index in [0.717, 1.165) is 64.6 Å². The van der Waals surface area contributed by atoms with Gasteiger partial charge in [0.05, 0.1) is 0 Å². The van der Waals surface area contributed by atoms with Crippen LogP contribution in [-0.2, 0) is 6.54 Å². The fraction of sp³-hybridized carbons (Fsp3) is 0.750. The Kier molecular flexibility index (Phi) is 14.2. The van der Waals surface area contributed by atoms with Crippen molar-refractivity contribution in [3.8, 4) is 0 Å². The van der Waals surface area contributed by atoms with Gasteiger partial charge < -0.3 is 15.5 Å². The highest BCUT2D eigenvalue weighted by atomic mass is 127. The third kappa shape index (κ3) is 10.5. The summed E-state index contributed by atoms with van der Waals surface area (Å²) in [5.74, 6) is 0.919. The molecule has 0 unspecified atom stereocenters. The molecule has 0 aliphatic heterocycles. The van der Waals surface area contributed by atoms with Crippen LogP contribution >= 0.6 is 24.0 Å². The molecule has 134 valence electrons. The largest absolute Gasteiger partial charge is 0.357 e. The summed E-state index contributed by atoms with van der Waals surface area (Å²) in [6.07, 6.45) is 5.93. The molecule has 0 fully saturated rings. The van der Waals surface area contributed by atoms with Crippen LogP contribution in [0.2, 0.25) is 0 Å². The first-order valence-corrected chi connectivity index (χ1v) is 8.52. The van der Waals surface area contributed by atoms with Gasteiger partial charge in [0.25, 0.3) is 0 Å². The molecule has 0 amide bonds. The summed E-state index contributed by atoms with van der Waals surface area (Å²) in [5, 5.41) is 10.9. The Morgan fingerprint density at radius 2 is 1.96 bits per heavy atom. The first-order chi connectivity index (χ1) is 10.8. The maximum atomic E-state index is 4.61. The van der Waals surface area contributed by atoms with Crippen LogP contribution in [0.3, 0.4) is 0 Å². The van der Waals surface area contributed by atoms with Crippen molar-refractivity contribution in [2.24, 2.45) is 4.99 Å². The van der Waals surface area contributed by atoms with Crippen molar-refractivity contribution in [1.82, 2.24) is 25.3 Å². The number of aliphatic imine (C=N–C) groups is 1. The van der Waals surface area contributed by atoms with Crippen LogP contribution in [0, 0.1) is 0 Å². The number of rotatable bonds is 11. The van der Waals surface area contributed by atoms with E-state index in [2.05, 4.69) is 46.4 Å². The molecule has 0 atom stereocenters. The summed E-state index contributed by atoms with van der Waals surface area (Å²) in [6.45, 7) is 13.5. The molecule has 2 N–H and O–H groups in total. The lowest BCUT2D eigenvalue weighted by Gasteiger charge is -2.18. The number of hydrogen-bond donors (Lipinski definition) is 2. The van der Waals surface area contributed by atoms with Gasteiger partial charge in [0.15, 0.2) is 5.96 Å². The molecule has 0 saturated heterocycles. The van der Waals surface area contributed by atoms with Crippen LogP contribution in [-0.4, -0.2) is 59.9 Å². The summed E-state index contributed by atoms with van der Waals surface area (Å²) in [6, 6.07) is 1.95. The molecule has 1 rings (SSSR count). The van der Waals surface area contributed by atoms with Crippen molar-refractivity contribution in [2.45, 2.75) is 40.2 Å². The molecule has 6 nitrogen and oxygen atoms in total. The molecule has 1 heterocycles. The molecule has 0 aromatic carbocycles. The number of aryl methyl sites for hydroxylation is 1. The molecule has 0 saturated carbocycles. The fourth-order valence-corrected chi connectivity index (χ4v) is 2.25. The van der Waals surface area contributed by atoms with Crippen LogP contribution < -0.4 is 10.6 Å². The lowest BCUT2D eigenvalue weighted by Crippen LogP contribution is -2.39. The predicted molar refractivity (Wildman–Crippen MR) is 109 cm³/mol. The monoisotopic (exact) mass is 436 g/mol. The van der Waals surface area contributed by atoms with Gasteiger partial charge >= 0.3 is 0 Å². The van der Waals surface area contributed by atoms with Crippen molar-refractivity contribution >= 4 is 29.9 Å². The number of nitrogens with zero attached hydrogens (tertiary/aromatic N) is 4. The van der Waals surface area contributed by atoms with Crippen molar-refractivity contribution in [1.29, 1.82) is 0 Å². The number of aromatic nitrogens is 2. The van der Waals surface area contributed by atoms with E-state index in [1.54, 1.807) is 0 Å². The average molecular weight is 436 g/mol. The van der Waals surface area contributed by atoms with Gasteiger partial charge in [-0.1, -0.05) is 13.8 Å². The highest BCUT2D eigenvalue weighted by Gasteiger charge is 2.00. The standard InChI is InChI=1S/C16H32N6.HI/c1-4-17-16(18-10-7-13-21(5-2)6-3)19-11-8-14-22-15-9-12-20-22;/h9,12,15H,4-8,10-11,13-14H2,1-3H3,(H2,17,18,19);1H. The minimum Gasteiger partial charge on any atom is -0.357 e. The lowest BCUT2D eigenvalue weighted by atomic mass is 10.3. The van der Waals surface area contributed by atoms with Gasteiger partial charge in [-0.15, -0.1) is 24.0 Å². The zero-order valence-electron chi connectivity index (χ0n) is 14.8. The molecule has 0 radical (unpaired) electrons. The van der Waals surface area contributed by atoms with E-state index in [-0.39, 0.29) is 24.0 Å². The van der Waals surface area contributed by atoms with E-state index in [9.17, 15) is 0 Å². The molecule has 0 aliphatic rings. The highest BCUT2D eigenvalue weighted by molar-refractivity contribution is 14.0. The smallest absolute Gasteiger partial charge is 0.191 e. The maximum absolute atomic E-state index is 4.61. The minimum absolute atomic E-state index is 0. The molecule has 0 aliphatic carbocycles. The molecule has 0 spiro atoms. The van der Waals surface area contributed by atoms with E-state index in [0.29, 0.717) is 0 Å². The average Bonchev–Trinajstić information content (AvgIpc) is 3.05. The number of halogens is 1. The molecule has 23 heavy (non-hydrogen) atoms. The Bertz CT molecular complexity index is 389. The number of nitrogens with one attached hydrogen (secondary N) is 2. The first kappa shape index (κ1) is 22.2. The Hall–Kier alpha value is -0.830. The van der Waals surface area contributed by atoms with Gasteiger partial charge in [-0.25, -0.2) is 0 Å². The van der Waals surface area contributed by atoms with Crippen molar-refractivity contribution in [2.75, 3.05) is 39.3 Å². The van der Waals surface area contributed by atoms with E-state index < -0.39 is 0 Å². The van der Waals surface area contributed by atoms with E-state index in [1.165, 1.54) is 0 Å². The zero-order valence-corrected chi connectivity index (χ0v) is 17.1. The quantitative estimate of drug-likeness (QED) is 0.242. The fourth-order valence-electron chi connectivity index (χ4n) is 2.25. The minimum atomic E-state index is 0. The summed E-state index contributed by atoms with van der Waals surface area (Å²) in [5.41, 5.74) is 0. The highest BCUT2D eigenvalue weighted by Crippen LogP contribution is 1.91. The zero-order chi connectivity index (χ0) is 16.0. The van der Waals surface area contributed by atoms with Crippen LogP contribution in [0.1, 0.15) is 33.6 Å². The Morgan fingerprint density at radius 3 is 2.57 bits per heavy atom. The first-order valence-electron chi connectivity index (χ1n) is 8.52. The summed E-state index contributed by atoms with van der Waals surface area (Å²) < 4.78 is 1.94. The van der Waals surface area contributed by atoms with Crippen LogP contribution in [0.15, 0.2) is 23.5 Å². The second-order valence-corrected chi connectivity index (χ2v) is 5.19. The third-order valence-electron chi connectivity index (χ3n) is 3.56. The molecule has 1 aromatic rings. The topological polar surface area (TPSA) is 57.5 Å². The Labute approximate surface area is 158 Å². The van der Waals surface area contributed by atoms with Crippen molar-refractivity contribution in [3.63, 3.8) is 0 Å². The van der Waals surface area contributed by atoms with Crippen molar-refractivity contribution in [3.05, 3.63) is 18.5 Å². The van der Waals surface area contributed by atoms with Crippen LogP contribution in [0.25, 0.3) is 0 Å². The van der Waals surface area contributed by atoms with Crippen LogP contribution in [0.5, 0.6) is 0 Å². The van der Waals surface area contributed by atoms with E-state index >= 15 is 0 Å². The predicted octanol–water partition coefficient (Wildman–Crippen LogP) is 2.18. The molecule has 1 aromatic heterocycles. The van der Waals surface area contributed by atoms with Gasteiger partial charge in [0, 0.05) is 38.6 Å². The summed E-state index contributed by atoms with van der Waals surface area (Å²) in [4.78, 5) is 7.05. The molecule has 7 heteroatoms. The second-order valence-electron chi connectivity index (χ2n) is 5.19. The normalized spacial score (nSPS) is 11.4. The SMILES string of the molecule is CCNC(=NCCCn1cccn1)NCCCN(CC)CC.I. The molecule has 0 bridgehead atoms. The molecular weight excluding hydrogens is 403 g/mol. The van der Waals surface area contributed by atoms with Crippen LogP contribution in [0.4, 0.5) is 0 Å². The Balaban J connectivity index is 0.00000484. The van der Waals surface area contributed by atoms with Gasteiger partial charge in [-0.2, -0.15) is 5.10 Å². The summed E-state index contributed by atoms with van der Waals surface area (Å²) in [7, 11) is 0. The third-order valence-corrected chi connectivity index (χ3v) is 3.56. The second kappa shape index (κ2) is 14.7.